The summed E-state index contributed by atoms with van der Waals surface area (Å²) in [6, 6.07) is 15.5. The van der Waals surface area contributed by atoms with Crippen molar-refractivity contribution in [3.8, 4) is 22.6 Å². The predicted octanol–water partition coefficient (Wildman–Crippen LogP) is 4.87. The smallest absolute Gasteiger partial charge is 0.165 e. The number of aromatic nitrogens is 4. The van der Waals surface area contributed by atoms with Crippen LogP contribution in [0.1, 0.15) is 5.56 Å². The van der Waals surface area contributed by atoms with Crippen molar-refractivity contribution >= 4 is 27.4 Å². The van der Waals surface area contributed by atoms with Crippen molar-refractivity contribution in [2.75, 3.05) is 11.9 Å². The molecule has 6 nitrogen and oxygen atoms in total. The zero-order valence-corrected chi connectivity index (χ0v) is 17.9. The van der Waals surface area contributed by atoms with Gasteiger partial charge in [-0.25, -0.2) is 14.4 Å². The molecule has 1 atom stereocenters. The van der Waals surface area contributed by atoms with Crippen LogP contribution in [-0.4, -0.2) is 32.5 Å². The average Bonchev–Trinajstić information content (AvgIpc) is 3.48. The molecule has 5 rings (SSSR count). The van der Waals surface area contributed by atoms with Gasteiger partial charge in [0, 0.05) is 41.6 Å². The zero-order chi connectivity index (χ0) is 21.9. The van der Waals surface area contributed by atoms with Gasteiger partial charge in [-0.05, 0) is 30.2 Å². The van der Waals surface area contributed by atoms with Crippen molar-refractivity contribution in [3.05, 3.63) is 83.9 Å². The van der Waals surface area contributed by atoms with Gasteiger partial charge in [-0.2, -0.15) is 0 Å². The van der Waals surface area contributed by atoms with E-state index in [0.29, 0.717) is 23.8 Å². The van der Waals surface area contributed by atoms with Gasteiger partial charge >= 0.3 is 0 Å². The van der Waals surface area contributed by atoms with E-state index >= 15 is 0 Å². The lowest BCUT2D eigenvalue weighted by Gasteiger charge is -2.15. The molecular weight excluding hydrogens is 423 g/mol. The van der Waals surface area contributed by atoms with Crippen molar-refractivity contribution in [2.45, 2.75) is 12.5 Å². The maximum atomic E-state index is 14.5. The van der Waals surface area contributed by atoms with E-state index in [0.717, 1.165) is 27.9 Å². The Morgan fingerprint density at radius 3 is 2.72 bits per heavy atom. The number of hydrogen-bond acceptors (Lipinski definition) is 6. The van der Waals surface area contributed by atoms with E-state index in [9.17, 15) is 4.39 Å². The molecule has 4 heterocycles. The molecule has 1 aromatic carbocycles. The molecule has 0 fully saturated rings. The number of hydrogen-bond donors (Lipinski definition) is 3. The Bertz CT molecular complexity index is 1330. The molecule has 0 radical (unpaired) electrons. The van der Waals surface area contributed by atoms with Gasteiger partial charge < -0.3 is 16.0 Å². The third-order valence-corrected chi connectivity index (χ3v) is 6.17. The van der Waals surface area contributed by atoms with Crippen LogP contribution in [-0.2, 0) is 6.42 Å². The number of thiophene rings is 1. The minimum Gasteiger partial charge on any atom is -0.367 e. The molecule has 0 saturated carbocycles. The molecule has 0 aliphatic heterocycles. The number of pyridine rings is 1. The first-order chi connectivity index (χ1) is 15.7. The first kappa shape index (κ1) is 20.3. The van der Waals surface area contributed by atoms with Crippen molar-refractivity contribution in [1.29, 1.82) is 0 Å². The maximum Gasteiger partial charge on any atom is 0.165 e. The Morgan fingerprint density at radius 2 is 1.94 bits per heavy atom. The minimum absolute atomic E-state index is 0.105. The highest BCUT2D eigenvalue weighted by Gasteiger charge is 2.18. The monoisotopic (exact) mass is 444 g/mol. The molecule has 160 valence electrons. The quantitative estimate of drug-likeness (QED) is 0.333. The molecule has 4 aromatic heterocycles. The largest absolute Gasteiger partial charge is 0.367 e. The maximum absolute atomic E-state index is 14.5. The van der Waals surface area contributed by atoms with Crippen LogP contribution in [0.2, 0.25) is 0 Å². The molecule has 4 N–H and O–H groups in total. The summed E-state index contributed by atoms with van der Waals surface area (Å²) in [5.74, 6) is 0.491. The second-order valence-corrected chi connectivity index (χ2v) is 8.37. The SMILES string of the molecule is NC(CNc1nc(-c2ccncc2F)nc2c(-c3ccc[nH]3)csc12)Cc1ccccc1. The van der Waals surface area contributed by atoms with E-state index in [1.54, 1.807) is 17.4 Å². The normalized spacial score (nSPS) is 12.2. The number of anilines is 1. The fourth-order valence-electron chi connectivity index (χ4n) is 3.62. The minimum atomic E-state index is -0.463. The first-order valence-electron chi connectivity index (χ1n) is 10.3. The fraction of sp³-hybridized carbons (Fsp3) is 0.125. The van der Waals surface area contributed by atoms with Gasteiger partial charge in [0.15, 0.2) is 11.6 Å². The summed E-state index contributed by atoms with van der Waals surface area (Å²) in [5.41, 5.74) is 10.5. The molecule has 0 aliphatic rings. The van der Waals surface area contributed by atoms with E-state index in [-0.39, 0.29) is 6.04 Å². The van der Waals surface area contributed by atoms with Crippen molar-refractivity contribution in [2.24, 2.45) is 5.73 Å². The van der Waals surface area contributed by atoms with Crippen LogP contribution >= 0.6 is 11.3 Å². The van der Waals surface area contributed by atoms with Gasteiger partial charge in [-0.1, -0.05) is 30.3 Å². The third-order valence-electron chi connectivity index (χ3n) is 5.19. The third kappa shape index (κ3) is 4.10. The average molecular weight is 445 g/mol. The number of rotatable bonds is 7. The summed E-state index contributed by atoms with van der Waals surface area (Å²) in [6.45, 7) is 0.523. The Kier molecular flexibility index (Phi) is 5.62. The van der Waals surface area contributed by atoms with Crippen molar-refractivity contribution in [1.82, 2.24) is 19.9 Å². The first-order valence-corrected chi connectivity index (χ1v) is 11.1. The standard InChI is InChI=1S/C24H21FN6S/c25-19-13-27-10-8-17(19)23-30-21-18(20-7-4-9-28-20)14-32-22(21)24(31-23)29-12-16(26)11-15-5-2-1-3-6-15/h1-10,13-14,16,28H,11-12,26H2,(H,29,30,31). The van der Waals surface area contributed by atoms with Crippen molar-refractivity contribution in [3.63, 3.8) is 0 Å². The molecule has 0 aliphatic carbocycles. The summed E-state index contributed by atoms with van der Waals surface area (Å²) in [7, 11) is 0. The van der Waals surface area contributed by atoms with Crippen LogP contribution in [0.3, 0.4) is 0 Å². The van der Waals surface area contributed by atoms with E-state index < -0.39 is 5.82 Å². The number of aromatic amines is 1. The van der Waals surface area contributed by atoms with Crippen molar-refractivity contribution < 1.29 is 4.39 Å². The molecule has 0 bridgehead atoms. The summed E-state index contributed by atoms with van der Waals surface area (Å²) in [4.78, 5) is 16.4. The van der Waals surface area contributed by atoms with Crippen LogP contribution in [0.15, 0.2) is 72.5 Å². The van der Waals surface area contributed by atoms with Gasteiger partial charge in [0.1, 0.15) is 5.82 Å². The molecule has 8 heteroatoms. The van der Waals surface area contributed by atoms with Crippen LogP contribution in [0, 0.1) is 5.82 Å². The number of fused-ring (bicyclic) bond motifs is 1. The lowest BCUT2D eigenvalue weighted by atomic mass is 10.1. The summed E-state index contributed by atoms with van der Waals surface area (Å²) in [6.07, 6.45) is 5.32. The second-order valence-electron chi connectivity index (χ2n) is 7.49. The van der Waals surface area contributed by atoms with E-state index in [4.69, 9.17) is 10.7 Å². The molecule has 0 amide bonds. The lowest BCUT2D eigenvalue weighted by molar-refractivity contribution is 0.623. The van der Waals surface area contributed by atoms with Gasteiger partial charge in [-0.15, -0.1) is 11.3 Å². The number of halogens is 1. The number of H-pyrrole nitrogens is 1. The number of benzene rings is 1. The lowest BCUT2D eigenvalue weighted by Crippen LogP contribution is -2.31. The zero-order valence-electron chi connectivity index (χ0n) is 17.1. The number of nitrogens with zero attached hydrogens (tertiary/aromatic N) is 3. The Morgan fingerprint density at radius 1 is 1.06 bits per heavy atom. The highest BCUT2D eigenvalue weighted by Crippen LogP contribution is 2.37. The molecule has 1 unspecified atom stereocenters. The fourth-order valence-corrected chi connectivity index (χ4v) is 4.59. The number of nitrogens with one attached hydrogen (secondary N) is 2. The second kappa shape index (κ2) is 8.86. The van der Waals surface area contributed by atoms with Crippen LogP contribution in [0.4, 0.5) is 10.2 Å². The molecule has 5 aromatic rings. The van der Waals surface area contributed by atoms with E-state index in [2.05, 4.69) is 32.4 Å². The van der Waals surface area contributed by atoms with E-state index in [1.807, 2.05) is 41.9 Å². The number of nitrogens with two attached hydrogens (primary N) is 1. The summed E-state index contributed by atoms with van der Waals surface area (Å²) in [5, 5.41) is 5.42. The van der Waals surface area contributed by atoms with Gasteiger partial charge in [0.2, 0.25) is 0 Å². The van der Waals surface area contributed by atoms with Crippen LogP contribution in [0.25, 0.3) is 32.9 Å². The molecule has 32 heavy (non-hydrogen) atoms. The Hall–Kier alpha value is -3.62. The van der Waals surface area contributed by atoms with Crippen LogP contribution in [0.5, 0.6) is 0 Å². The summed E-state index contributed by atoms with van der Waals surface area (Å²) < 4.78 is 15.4. The molecule has 0 saturated heterocycles. The Labute approximate surface area is 188 Å². The molecular formula is C24H21FN6S. The summed E-state index contributed by atoms with van der Waals surface area (Å²) >= 11 is 1.55. The van der Waals surface area contributed by atoms with Crippen LogP contribution < -0.4 is 11.1 Å². The highest BCUT2D eigenvalue weighted by molar-refractivity contribution is 7.18. The predicted molar refractivity (Wildman–Crippen MR) is 127 cm³/mol. The van der Waals surface area contributed by atoms with Gasteiger partial charge in [0.05, 0.1) is 22.0 Å². The molecule has 0 spiro atoms. The van der Waals surface area contributed by atoms with Gasteiger partial charge in [0.25, 0.3) is 0 Å². The van der Waals surface area contributed by atoms with E-state index in [1.165, 1.54) is 18.0 Å². The highest BCUT2D eigenvalue weighted by atomic mass is 32.1. The van der Waals surface area contributed by atoms with Gasteiger partial charge in [-0.3, -0.25) is 4.98 Å². The topological polar surface area (TPSA) is 92.5 Å². The Balaban J connectivity index is 1.51.